The van der Waals surface area contributed by atoms with Crippen molar-refractivity contribution < 1.29 is 19.1 Å². The van der Waals surface area contributed by atoms with E-state index in [-0.39, 0.29) is 25.5 Å². The number of amides is 3. The van der Waals surface area contributed by atoms with Crippen LogP contribution in [0.3, 0.4) is 0 Å². The van der Waals surface area contributed by atoms with Crippen LogP contribution in [0.5, 0.6) is 5.75 Å². The van der Waals surface area contributed by atoms with E-state index < -0.39 is 17.9 Å². The summed E-state index contributed by atoms with van der Waals surface area (Å²) >= 11 is 5.82. The first-order valence-electron chi connectivity index (χ1n) is 6.49. The van der Waals surface area contributed by atoms with E-state index in [4.69, 9.17) is 16.3 Å². The van der Waals surface area contributed by atoms with Gasteiger partial charge in [0.2, 0.25) is 17.7 Å². The normalized spacial score (nSPS) is 18.4. The van der Waals surface area contributed by atoms with Gasteiger partial charge in [-0.1, -0.05) is 17.7 Å². The lowest BCUT2D eigenvalue weighted by Crippen LogP contribution is -2.58. The minimum absolute atomic E-state index is 0.0808. The molecule has 1 aliphatic heterocycles. The third kappa shape index (κ3) is 3.95. The van der Waals surface area contributed by atoms with Gasteiger partial charge in [-0.15, -0.1) is 0 Å². The van der Waals surface area contributed by atoms with Gasteiger partial charge in [-0.2, -0.15) is 0 Å². The number of carbonyl (C=O) groups excluding carboxylic acids is 3. The van der Waals surface area contributed by atoms with Crippen molar-refractivity contribution in [2.75, 3.05) is 13.2 Å². The van der Waals surface area contributed by atoms with Crippen LogP contribution in [-0.2, 0) is 14.4 Å². The summed E-state index contributed by atoms with van der Waals surface area (Å²) in [5.41, 5.74) is 0. The maximum Gasteiger partial charge on any atom is 0.249 e. The molecule has 1 unspecified atom stereocenters. The Bertz CT molecular complexity index is 576. The third-order valence-electron chi connectivity index (χ3n) is 3.12. The van der Waals surface area contributed by atoms with Crippen molar-refractivity contribution in [3.8, 4) is 5.75 Å². The molecule has 1 aromatic rings. The van der Waals surface area contributed by atoms with E-state index in [1.165, 1.54) is 4.90 Å². The van der Waals surface area contributed by atoms with E-state index in [0.717, 1.165) is 0 Å². The van der Waals surface area contributed by atoms with Crippen LogP contribution in [0.25, 0.3) is 0 Å². The topological polar surface area (TPSA) is 75.7 Å². The van der Waals surface area contributed by atoms with Gasteiger partial charge in [-0.25, -0.2) is 0 Å². The predicted octanol–water partition coefficient (Wildman–Crippen LogP) is 0.982. The maximum absolute atomic E-state index is 12.0. The van der Waals surface area contributed by atoms with Crippen molar-refractivity contribution in [3.63, 3.8) is 0 Å². The molecule has 1 fully saturated rings. The summed E-state index contributed by atoms with van der Waals surface area (Å²) in [7, 11) is 0. The van der Waals surface area contributed by atoms with Gasteiger partial charge >= 0.3 is 0 Å². The van der Waals surface area contributed by atoms with Crippen molar-refractivity contribution in [2.45, 2.75) is 19.4 Å². The van der Waals surface area contributed by atoms with Gasteiger partial charge in [0.25, 0.3) is 0 Å². The number of piperazine rings is 1. The standard InChI is InChI=1S/C14H15ClN2O4/c1-9-14(20)16-12(18)8-17(9)13(19)5-6-21-11-4-2-3-10(15)7-11/h2-4,7,9H,5-6,8H2,1H3,(H,16,18,20). The molecule has 1 N–H and O–H groups in total. The molecule has 6 nitrogen and oxygen atoms in total. The summed E-state index contributed by atoms with van der Waals surface area (Å²) in [6, 6.07) is 6.19. The number of hydrogen-bond donors (Lipinski definition) is 1. The number of nitrogens with one attached hydrogen (secondary N) is 1. The number of nitrogens with zero attached hydrogens (tertiary/aromatic N) is 1. The molecule has 0 bridgehead atoms. The summed E-state index contributed by atoms with van der Waals surface area (Å²) in [5, 5.41) is 2.73. The van der Waals surface area contributed by atoms with Gasteiger partial charge < -0.3 is 9.64 Å². The quantitative estimate of drug-likeness (QED) is 0.841. The van der Waals surface area contributed by atoms with Crippen LogP contribution in [0.15, 0.2) is 24.3 Å². The highest BCUT2D eigenvalue weighted by Crippen LogP contribution is 2.17. The first-order chi connectivity index (χ1) is 9.97. The van der Waals surface area contributed by atoms with Crippen LogP contribution >= 0.6 is 11.6 Å². The zero-order chi connectivity index (χ0) is 15.4. The van der Waals surface area contributed by atoms with Gasteiger partial charge in [0.1, 0.15) is 18.3 Å². The zero-order valence-corrected chi connectivity index (χ0v) is 12.2. The van der Waals surface area contributed by atoms with E-state index in [1.807, 2.05) is 0 Å². The highest BCUT2D eigenvalue weighted by atomic mass is 35.5. The highest BCUT2D eigenvalue weighted by molar-refractivity contribution is 6.30. The number of ether oxygens (including phenoxy) is 1. The van der Waals surface area contributed by atoms with Crippen LogP contribution in [0.4, 0.5) is 0 Å². The maximum atomic E-state index is 12.0. The number of carbonyl (C=O) groups is 3. The van der Waals surface area contributed by atoms with Crippen molar-refractivity contribution in [3.05, 3.63) is 29.3 Å². The molecule has 7 heteroatoms. The summed E-state index contributed by atoms with van der Waals surface area (Å²) in [5.74, 6) is -0.666. The molecule has 0 radical (unpaired) electrons. The number of imide groups is 1. The molecule has 1 heterocycles. The average Bonchev–Trinajstić information content (AvgIpc) is 2.42. The monoisotopic (exact) mass is 310 g/mol. The highest BCUT2D eigenvalue weighted by Gasteiger charge is 2.33. The number of benzene rings is 1. The Morgan fingerprint density at radius 3 is 2.95 bits per heavy atom. The Hall–Kier alpha value is -2.08. The lowest BCUT2D eigenvalue weighted by molar-refractivity contribution is -0.149. The Morgan fingerprint density at radius 1 is 1.48 bits per heavy atom. The molecule has 1 aromatic carbocycles. The smallest absolute Gasteiger partial charge is 0.249 e. The second-order valence-corrected chi connectivity index (χ2v) is 5.10. The third-order valence-corrected chi connectivity index (χ3v) is 3.36. The lowest BCUT2D eigenvalue weighted by Gasteiger charge is -2.31. The van der Waals surface area contributed by atoms with E-state index in [9.17, 15) is 14.4 Å². The Labute approximate surface area is 127 Å². The average molecular weight is 311 g/mol. The largest absolute Gasteiger partial charge is 0.493 e. The fraction of sp³-hybridized carbons (Fsp3) is 0.357. The molecule has 0 saturated carbocycles. The van der Waals surface area contributed by atoms with E-state index in [2.05, 4.69) is 5.32 Å². The minimum Gasteiger partial charge on any atom is -0.493 e. The van der Waals surface area contributed by atoms with Crippen LogP contribution in [0.1, 0.15) is 13.3 Å². The summed E-state index contributed by atoms with van der Waals surface area (Å²) in [6.07, 6.45) is 0.0808. The Kier molecular flexibility index (Phi) is 4.80. The molecule has 0 aromatic heterocycles. The molecule has 0 spiro atoms. The van der Waals surface area contributed by atoms with Gasteiger partial charge in [-0.05, 0) is 25.1 Å². The number of hydrogen-bond acceptors (Lipinski definition) is 4. The van der Waals surface area contributed by atoms with Crippen molar-refractivity contribution in [1.82, 2.24) is 10.2 Å². The van der Waals surface area contributed by atoms with Crippen LogP contribution in [0.2, 0.25) is 5.02 Å². The van der Waals surface area contributed by atoms with E-state index >= 15 is 0 Å². The van der Waals surface area contributed by atoms with Crippen molar-refractivity contribution >= 4 is 29.3 Å². The zero-order valence-electron chi connectivity index (χ0n) is 11.5. The Balaban J connectivity index is 1.86. The van der Waals surface area contributed by atoms with Gasteiger partial charge in [0, 0.05) is 5.02 Å². The predicted molar refractivity (Wildman–Crippen MR) is 75.9 cm³/mol. The molecule has 1 saturated heterocycles. The van der Waals surface area contributed by atoms with Gasteiger partial charge in [0.05, 0.1) is 13.0 Å². The fourth-order valence-electron chi connectivity index (χ4n) is 1.98. The molecular formula is C14H15ClN2O4. The molecule has 1 atom stereocenters. The molecule has 3 amide bonds. The van der Waals surface area contributed by atoms with Crippen LogP contribution in [0, 0.1) is 0 Å². The molecule has 2 rings (SSSR count). The molecule has 21 heavy (non-hydrogen) atoms. The minimum atomic E-state index is -0.652. The van der Waals surface area contributed by atoms with Crippen molar-refractivity contribution in [1.29, 1.82) is 0 Å². The van der Waals surface area contributed by atoms with Crippen LogP contribution < -0.4 is 10.1 Å². The molecule has 0 aliphatic carbocycles. The van der Waals surface area contributed by atoms with Crippen LogP contribution in [-0.4, -0.2) is 41.8 Å². The number of halogens is 1. The second-order valence-electron chi connectivity index (χ2n) is 4.67. The van der Waals surface area contributed by atoms with Gasteiger partial charge in [-0.3, -0.25) is 19.7 Å². The second kappa shape index (κ2) is 6.58. The summed E-state index contributed by atoms with van der Waals surface area (Å²) in [4.78, 5) is 36.1. The van der Waals surface area contributed by atoms with E-state index in [1.54, 1.807) is 31.2 Å². The molecular weight excluding hydrogens is 296 g/mol. The first-order valence-corrected chi connectivity index (χ1v) is 6.86. The number of rotatable bonds is 4. The first kappa shape index (κ1) is 15.3. The molecule has 1 aliphatic rings. The lowest BCUT2D eigenvalue weighted by atomic mass is 10.2. The van der Waals surface area contributed by atoms with E-state index in [0.29, 0.717) is 10.8 Å². The summed E-state index contributed by atoms with van der Waals surface area (Å²) < 4.78 is 5.42. The van der Waals surface area contributed by atoms with Gasteiger partial charge in [0.15, 0.2) is 0 Å². The fourth-order valence-corrected chi connectivity index (χ4v) is 2.16. The Morgan fingerprint density at radius 2 is 2.24 bits per heavy atom. The van der Waals surface area contributed by atoms with Crippen molar-refractivity contribution in [2.24, 2.45) is 0 Å². The SMILES string of the molecule is CC1C(=O)NC(=O)CN1C(=O)CCOc1cccc(Cl)c1. The molecule has 112 valence electrons. The summed E-state index contributed by atoms with van der Waals surface area (Å²) in [6.45, 7) is 1.62.